The molecule has 7 nitrogen and oxygen atoms in total. The highest BCUT2D eigenvalue weighted by molar-refractivity contribution is 5.83. The monoisotopic (exact) mass is 354 g/mol. The van der Waals surface area contributed by atoms with Crippen LogP contribution in [0.25, 0.3) is 0 Å². The SMILES string of the molecule is CN1CCN(C(C(=O)NC2CCCn3ncnc32)c2ccccc2)CC1. The molecule has 0 radical (unpaired) electrons. The number of carbonyl (C=O) groups excluding carboxylic acids is 1. The van der Waals surface area contributed by atoms with Crippen molar-refractivity contribution in [2.45, 2.75) is 31.5 Å². The third-order valence-corrected chi connectivity index (χ3v) is 5.40. The zero-order valence-corrected chi connectivity index (χ0v) is 15.2. The summed E-state index contributed by atoms with van der Waals surface area (Å²) in [5.41, 5.74) is 1.05. The highest BCUT2D eigenvalue weighted by Crippen LogP contribution is 2.26. The lowest BCUT2D eigenvalue weighted by Crippen LogP contribution is -2.50. The zero-order valence-electron chi connectivity index (χ0n) is 15.2. The number of likely N-dealkylation sites (N-methyl/N-ethyl adjacent to an activating group) is 1. The van der Waals surface area contributed by atoms with Crippen LogP contribution < -0.4 is 5.32 Å². The van der Waals surface area contributed by atoms with E-state index in [2.05, 4.69) is 32.2 Å². The first kappa shape index (κ1) is 17.2. The molecule has 0 spiro atoms. The Morgan fingerprint density at radius 1 is 1.15 bits per heavy atom. The Bertz CT molecular complexity index is 737. The molecule has 0 bridgehead atoms. The van der Waals surface area contributed by atoms with E-state index in [1.807, 2.05) is 35.0 Å². The second-order valence-electron chi connectivity index (χ2n) is 7.20. The summed E-state index contributed by atoms with van der Waals surface area (Å²) in [6.07, 6.45) is 3.50. The Morgan fingerprint density at radius 2 is 1.92 bits per heavy atom. The van der Waals surface area contributed by atoms with Gasteiger partial charge in [-0.1, -0.05) is 30.3 Å². The summed E-state index contributed by atoms with van der Waals surface area (Å²) in [6, 6.07) is 9.77. The average Bonchev–Trinajstić information content (AvgIpc) is 3.14. The molecule has 1 fully saturated rings. The number of rotatable bonds is 4. The van der Waals surface area contributed by atoms with E-state index in [0.29, 0.717) is 0 Å². The second kappa shape index (κ2) is 7.55. The summed E-state index contributed by atoms with van der Waals surface area (Å²) in [5.74, 6) is 0.928. The first-order valence-electron chi connectivity index (χ1n) is 9.38. The van der Waals surface area contributed by atoms with Crippen molar-refractivity contribution in [1.29, 1.82) is 0 Å². The molecule has 26 heavy (non-hydrogen) atoms. The number of benzene rings is 1. The number of amides is 1. The van der Waals surface area contributed by atoms with Gasteiger partial charge in [-0.05, 0) is 25.5 Å². The standard InChI is InChI=1S/C19H26N6O/c1-23-10-12-24(13-11-23)17(15-6-3-2-4-7-15)19(26)22-16-8-5-9-25-18(16)20-14-21-25/h2-4,6-7,14,16-17H,5,8-13H2,1H3,(H,22,26). The molecule has 1 N–H and O–H groups in total. The van der Waals surface area contributed by atoms with Gasteiger partial charge in [0, 0.05) is 32.7 Å². The molecule has 7 heteroatoms. The van der Waals surface area contributed by atoms with E-state index in [0.717, 1.165) is 57.0 Å². The van der Waals surface area contributed by atoms with Gasteiger partial charge in [-0.15, -0.1) is 0 Å². The van der Waals surface area contributed by atoms with Gasteiger partial charge in [-0.3, -0.25) is 9.69 Å². The molecule has 2 unspecified atom stereocenters. The van der Waals surface area contributed by atoms with Crippen LogP contribution in [0, 0.1) is 0 Å². The fourth-order valence-electron chi connectivity index (χ4n) is 3.92. The van der Waals surface area contributed by atoms with Crippen molar-refractivity contribution in [3.63, 3.8) is 0 Å². The van der Waals surface area contributed by atoms with Crippen molar-refractivity contribution >= 4 is 5.91 Å². The predicted octanol–water partition coefficient (Wildman–Crippen LogP) is 1.22. The van der Waals surface area contributed by atoms with Crippen LogP contribution in [0.2, 0.25) is 0 Å². The molecule has 4 rings (SSSR count). The minimum atomic E-state index is -0.261. The first-order chi connectivity index (χ1) is 12.7. The summed E-state index contributed by atoms with van der Waals surface area (Å²) < 4.78 is 1.90. The predicted molar refractivity (Wildman–Crippen MR) is 98.4 cm³/mol. The van der Waals surface area contributed by atoms with Crippen LogP contribution in [0.5, 0.6) is 0 Å². The van der Waals surface area contributed by atoms with Crippen LogP contribution in [0.15, 0.2) is 36.7 Å². The fourth-order valence-corrected chi connectivity index (χ4v) is 3.92. The molecule has 138 valence electrons. The van der Waals surface area contributed by atoms with Gasteiger partial charge in [0.15, 0.2) is 0 Å². The lowest BCUT2D eigenvalue weighted by atomic mass is 10.0. The number of fused-ring (bicyclic) bond motifs is 1. The summed E-state index contributed by atoms with van der Waals surface area (Å²) in [7, 11) is 2.13. The fraction of sp³-hybridized carbons (Fsp3) is 0.526. The number of aryl methyl sites for hydroxylation is 1. The van der Waals surface area contributed by atoms with Crippen LogP contribution in [0.4, 0.5) is 0 Å². The van der Waals surface area contributed by atoms with Crippen molar-refractivity contribution < 1.29 is 4.79 Å². The first-order valence-corrected chi connectivity index (χ1v) is 9.38. The van der Waals surface area contributed by atoms with E-state index in [1.54, 1.807) is 6.33 Å². The molecule has 2 aliphatic heterocycles. The number of piperazine rings is 1. The third-order valence-electron chi connectivity index (χ3n) is 5.40. The van der Waals surface area contributed by atoms with Gasteiger partial charge < -0.3 is 10.2 Å². The maximum atomic E-state index is 13.3. The molecule has 1 saturated heterocycles. The molecule has 2 aromatic rings. The topological polar surface area (TPSA) is 66.3 Å². The van der Waals surface area contributed by atoms with Crippen LogP contribution >= 0.6 is 0 Å². The zero-order chi connectivity index (χ0) is 17.9. The molecular formula is C19H26N6O. The van der Waals surface area contributed by atoms with E-state index < -0.39 is 0 Å². The summed E-state index contributed by atoms with van der Waals surface area (Å²) in [4.78, 5) is 22.3. The van der Waals surface area contributed by atoms with Gasteiger partial charge in [-0.25, -0.2) is 9.67 Å². The summed E-state index contributed by atoms with van der Waals surface area (Å²) >= 11 is 0. The molecular weight excluding hydrogens is 328 g/mol. The van der Waals surface area contributed by atoms with Gasteiger partial charge >= 0.3 is 0 Å². The molecule has 3 heterocycles. The highest BCUT2D eigenvalue weighted by Gasteiger charge is 2.32. The quantitative estimate of drug-likeness (QED) is 0.894. The number of hydrogen-bond acceptors (Lipinski definition) is 5. The lowest BCUT2D eigenvalue weighted by Gasteiger charge is -2.38. The molecule has 2 aliphatic rings. The Hall–Kier alpha value is -2.25. The maximum Gasteiger partial charge on any atom is 0.242 e. The Morgan fingerprint density at radius 3 is 2.69 bits per heavy atom. The Kier molecular flexibility index (Phi) is 4.99. The largest absolute Gasteiger partial charge is 0.344 e. The van der Waals surface area contributed by atoms with Gasteiger partial charge in [0.2, 0.25) is 5.91 Å². The molecule has 1 aromatic carbocycles. The van der Waals surface area contributed by atoms with Crippen LogP contribution in [-0.2, 0) is 11.3 Å². The van der Waals surface area contributed by atoms with Gasteiger partial charge in [0.1, 0.15) is 18.2 Å². The number of nitrogens with zero attached hydrogens (tertiary/aromatic N) is 5. The normalized spacial score (nSPS) is 22.6. The van der Waals surface area contributed by atoms with Crippen molar-refractivity contribution in [3.8, 4) is 0 Å². The molecule has 0 aliphatic carbocycles. The maximum absolute atomic E-state index is 13.3. The van der Waals surface area contributed by atoms with Crippen molar-refractivity contribution in [2.24, 2.45) is 0 Å². The second-order valence-corrected chi connectivity index (χ2v) is 7.20. The summed E-state index contributed by atoms with van der Waals surface area (Å²) in [5, 5.41) is 7.50. The van der Waals surface area contributed by atoms with E-state index in [-0.39, 0.29) is 18.0 Å². The minimum absolute atomic E-state index is 0.0576. The Labute approximate surface area is 154 Å². The van der Waals surface area contributed by atoms with E-state index in [9.17, 15) is 4.79 Å². The summed E-state index contributed by atoms with van der Waals surface area (Å²) in [6.45, 7) is 4.62. The smallest absolute Gasteiger partial charge is 0.242 e. The molecule has 2 atom stereocenters. The molecule has 1 aromatic heterocycles. The lowest BCUT2D eigenvalue weighted by molar-refractivity contribution is -0.128. The van der Waals surface area contributed by atoms with E-state index in [1.165, 1.54) is 0 Å². The van der Waals surface area contributed by atoms with Crippen molar-refractivity contribution in [1.82, 2.24) is 29.9 Å². The number of hydrogen-bond donors (Lipinski definition) is 1. The minimum Gasteiger partial charge on any atom is -0.344 e. The average molecular weight is 354 g/mol. The van der Waals surface area contributed by atoms with E-state index >= 15 is 0 Å². The van der Waals surface area contributed by atoms with Gasteiger partial charge in [-0.2, -0.15) is 5.10 Å². The number of carbonyl (C=O) groups is 1. The molecule has 1 amide bonds. The highest BCUT2D eigenvalue weighted by atomic mass is 16.2. The van der Waals surface area contributed by atoms with Gasteiger partial charge in [0.05, 0.1) is 6.04 Å². The van der Waals surface area contributed by atoms with Gasteiger partial charge in [0.25, 0.3) is 0 Å². The van der Waals surface area contributed by atoms with Crippen molar-refractivity contribution in [2.75, 3.05) is 33.2 Å². The number of nitrogens with one attached hydrogen (secondary N) is 1. The van der Waals surface area contributed by atoms with Crippen LogP contribution in [-0.4, -0.2) is 63.7 Å². The van der Waals surface area contributed by atoms with Crippen molar-refractivity contribution in [3.05, 3.63) is 48.0 Å². The van der Waals surface area contributed by atoms with Crippen LogP contribution in [0.3, 0.4) is 0 Å². The number of aromatic nitrogens is 3. The third kappa shape index (κ3) is 3.50. The van der Waals surface area contributed by atoms with Crippen LogP contribution in [0.1, 0.15) is 36.3 Å². The molecule has 0 saturated carbocycles. The van der Waals surface area contributed by atoms with E-state index in [4.69, 9.17) is 0 Å². The Balaban J connectivity index is 1.55.